The Labute approximate surface area is 123 Å². The van der Waals surface area contributed by atoms with Crippen LogP contribution in [0.1, 0.15) is 25.1 Å². The van der Waals surface area contributed by atoms with Crippen molar-refractivity contribution in [3.63, 3.8) is 0 Å². The summed E-state index contributed by atoms with van der Waals surface area (Å²) in [5.74, 6) is 1.58. The Balaban J connectivity index is 2.50. The van der Waals surface area contributed by atoms with Gasteiger partial charge in [-0.25, -0.2) is 4.98 Å². The molecule has 0 aliphatic carbocycles. The Hall–Kier alpha value is -1.87. The molecule has 0 spiro atoms. The lowest BCUT2D eigenvalue weighted by Crippen LogP contribution is -2.25. The Bertz CT molecular complexity index is 628. The number of aromatic nitrogens is 2. The van der Waals surface area contributed by atoms with Crippen LogP contribution in [-0.4, -0.2) is 29.6 Å². The minimum atomic E-state index is 0.499. The van der Waals surface area contributed by atoms with Gasteiger partial charge in [0.1, 0.15) is 10.6 Å². The fraction of sp³-hybridized carbons (Fsp3) is 0.500. The number of fused-ring (bicyclic) bond motifs is 1. The van der Waals surface area contributed by atoms with Crippen molar-refractivity contribution in [2.75, 3.05) is 29.9 Å². The summed E-state index contributed by atoms with van der Waals surface area (Å²) in [5.41, 5.74) is 0. The molecule has 0 saturated heterocycles. The van der Waals surface area contributed by atoms with Crippen LogP contribution in [0.25, 0.3) is 10.2 Å². The summed E-state index contributed by atoms with van der Waals surface area (Å²) in [6.45, 7) is 8.50. The Morgan fingerprint density at radius 1 is 1.40 bits per heavy atom. The van der Waals surface area contributed by atoms with Gasteiger partial charge in [0.2, 0.25) is 5.95 Å². The van der Waals surface area contributed by atoms with Crippen LogP contribution in [0.4, 0.5) is 11.8 Å². The molecule has 0 fully saturated rings. The zero-order valence-corrected chi connectivity index (χ0v) is 12.9. The fourth-order valence-corrected chi connectivity index (χ4v) is 2.98. The van der Waals surface area contributed by atoms with Crippen molar-refractivity contribution in [2.45, 2.75) is 27.2 Å². The van der Waals surface area contributed by atoms with Gasteiger partial charge in [-0.15, -0.1) is 11.3 Å². The molecule has 5 nitrogen and oxygen atoms in total. The van der Waals surface area contributed by atoms with Crippen LogP contribution in [0.5, 0.6) is 0 Å². The molecular weight excluding hydrogens is 270 g/mol. The first-order valence-corrected chi connectivity index (χ1v) is 7.65. The smallest absolute Gasteiger partial charge is 0.226 e. The SMILES string of the molecule is CCNc1nc(N(CC)CCC#N)c2cc(C)sc2n1. The van der Waals surface area contributed by atoms with E-state index in [2.05, 4.69) is 46.2 Å². The number of anilines is 2. The number of nitriles is 1. The number of thiophene rings is 1. The van der Waals surface area contributed by atoms with Crippen molar-refractivity contribution < 1.29 is 0 Å². The Morgan fingerprint density at radius 2 is 2.20 bits per heavy atom. The van der Waals surface area contributed by atoms with Crippen molar-refractivity contribution in [2.24, 2.45) is 0 Å². The summed E-state index contributed by atoms with van der Waals surface area (Å²) in [4.78, 5) is 13.5. The lowest BCUT2D eigenvalue weighted by atomic mass is 10.3. The van der Waals surface area contributed by atoms with Gasteiger partial charge in [0.05, 0.1) is 17.9 Å². The first kappa shape index (κ1) is 14.5. The molecule has 2 rings (SSSR count). The van der Waals surface area contributed by atoms with Crippen LogP contribution in [0.2, 0.25) is 0 Å². The maximum atomic E-state index is 8.79. The summed E-state index contributed by atoms with van der Waals surface area (Å²) in [6, 6.07) is 4.32. The molecule has 0 saturated carbocycles. The van der Waals surface area contributed by atoms with Crippen LogP contribution < -0.4 is 10.2 Å². The molecule has 2 heterocycles. The van der Waals surface area contributed by atoms with Gasteiger partial charge in [-0.3, -0.25) is 0 Å². The molecule has 0 aliphatic rings. The van der Waals surface area contributed by atoms with Crippen LogP contribution in [0.3, 0.4) is 0 Å². The van der Waals surface area contributed by atoms with E-state index in [-0.39, 0.29) is 0 Å². The molecule has 0 radical (unpaired) electrons. The van der Waals surface area contributed by atoms with E-state index in [0.29, 0.717) is 18.9 Å². The third-order valence-electron chi connectivity index (χ3n) is 3.01. The van der Waals surface area contributed by atoms with Crippen molar-refractivity contribution in [1.29, 1.82) is 5.26 Å². The molecule has 0 amide bonds. The highest BCUT2D eigenvalue weighted by atomic mass is 32.1. The molecule has 2 aromatic rings. The standard InChI is InChI=1S/C14H19N5S/c1-4-16-14-17-12(19(5-2)8-6-7-15)11-9-10(3)20-13(11)18-14/h9H,4-6,8H2,1-3H3,(H,16,17,18). The summed E-state index contributed by atoms with van der Waals surface area (Å²) in [7, 11) is 0. The predicted octanol–water partition coefficient (Wildman–Crippen LogP) is 3.17. The Kier molecular flexibility index (Phi) is 4.74. The second-order valence-electron chi connectivity index (χ2n) is 4.46. The van der Waals surface area contributed by atoms with Gasteiger partial charge >= 0.3 is 0 Å². The van der Waals surface area contributed by atoms with E-state index in [1.165, 1.54) is 4.88 Å². The van der Waals surface area contributed by atoms with E-state index in [0.717, 1.165) is 29.1 Å². The summed E-state index contributed by atoms with van der Waals surface area (Å²) >= 11 is 1.68. The predicted molar refractivity (Wildman–Crippen MR) is 84.4 cm³/mol. The summed E-state index contributed by atoms with van der Waals surface area (Å²) < 4.78 is 0. The molecule has 0 atom stereocenters. The largest absolute Gasteiger partial charge is 0.355 e. The maximum absolute atomic E-state index is 8.79. The number of hydrogen-bond acceptors (Lipinski definition) is 6. The van der Waals surface area contributed by atoms with E-state index >= 15 is 0 Å². The van der Waals surface area contributed by atoms with Gasteiger partial charge in [0.25, 0.3) is 0 Å². The fourth-order valence-electron chi connectivity index (χ4n) is 2.10. The van der Waals surface area contributed by atoms with E-state index < -0.39 is 0 Å². The number of aryl methyl sites for hydroxylation is 1. The molecular formula is C14H19N5S. The number of nitrogens with one attached hydrogen (secondary N) is 1. The monoisotopic (exact) mass is 289 g/mol. The zero-order chi connectivity index (χ0) is 14.5. The minimum Gasteiger partial charge on any atom is -0.355 e. The second-order valence-corrected chi connectivity index (χ2v) is 5.70. The highest BCUT2D eigenvalue weighted by Crippen LogP contribution is 2.31. The normalized spacial score (nSPS) is 10.5. The molecule has 2 aromatic heterocycles. The van der Waals surface area contributed by atoms with E-state index in [1.54, 1.807) is 11.3 Å². The van der Waals surface area contributed by atoms with Crippen molar-refractivity contribution in [3.05, 3.63) is 10.9 Å². The third-order valence-corrected chi connectivity index (χ3v) is 3.95. The third kappa shape index (κ3) is 2.99. The van der Waals surface area contributed by atoms with E-state index in [4.69, 9.17) is 5.26 Å². The minimum absolute atomic E-state index is 0.499. The number of rotatable bonds is 6. The summed E-state index contributed by atoms with van der Waals surface area (Å²) in [5, 5.41) is 13.0. The van der Waals surface area contributed by atoms with Crippen molar-refractivity contribution in [3.8, 4) is 6.07 Å². The maximum Gasteiger partial charge on any atom is 0.226 e. The van der Waals surface area contributed by atoms with Crippen molar-refractivity contribution in [1.82, 2.24) is 9.97 Å². The van der Waals surface area contributed by atoms with Gasteiger partial charge in [0, 0.05) is 24.5 Å². The molecule has 6 heteroatoms. The quantitative estimate of drug-likeness (QED) is 0.885. The highest BCUT2D eigenvalue weighted by Gasteiger charge is 2.15. The van der Waals surface area contributed by atoms with Gasteiger partial charge in [0.15, 0.2) is 0 Å². The molecule has 106 valence electrons. The molecule has 0 aliphatic heterocycles. The topological polar surface area (TPSA) is 64.8 Å². The van der Waals surface area contributed by atoms with Gasteiger partial charge < -0.3 is 10.2 Å². The van der Waals surface area contributed by atoms with Gasteiger partial charge in [-0.2, -0.15) is 10.2 Å². The Morgan fingerprint density at radius 3 is 2.85 bits per heavy atom. The lowest BCUT2D eigenvalue weighted by molar-refractivity contribution is 0.814. The molecule has 1 N–H and O–H groups in total. The molecule has 0 aromatic carbocycles. The number of nitrogens with zero attached hydrogens (tertiary/aromatic N) is 4. The van der Waals surface area contributed by atoms with E-state index in [9.17, 15) is 0 Å². The van der Waals surface area contributed by atoms with Crippen molar-refractivity contribution >= 4 is 33.3 Å². The lowest BCUT2D eigenvalue weighted by Gasteiger charge is -2.21. The molecule has 20 heavy (non-hydrogen) atoms. The van der Waals surface area contributed by atoms with Crippen LogP contribution >= 0.6 is 11.3 Å². The zero-order valence-electron chi connectivity index (χ0n) is 12.1. The first-order chi connectivity index (χ1) is 9.69. The number of hydrogen-bond donors (Lipinski definition) is 1. The van der Waals surface area contributed by atoms with E-state index in [1.807, 2.05) is 6.92 Å². The van der Waals surface area contributed by atoms with Crippen LogP contribution in [0.15, 0.2) is 6.07 Å². The average Bonchev–Trinajstić information content (AvgIpc) is 2.80. The van der Waals surface area contributed by atoms with Gasteiger partial charge in [-0.05, 0) is 26.8 Å². The molecule has 0 bridgehead atoms. The summed E-state index contributed by atoms with van der Waals surface area (Å²) in [6.07, 6.45) is 0.499. The van der Waals surface area contributed by atoms with Crippen LogP contribution in [-0.2, 0) is 0 Å². The van der Waals surface area contributed by atoms with Gasteiger partial charge in [-0.1, -0.05) is 0 Å². The second kappa shape index (κ2) is 6.53. The van der Waals surface area contributed by atoms with Crippen LogP contribution in [0, 0.1) is 18.3 Å². The highest BCUT2D eigenvalue weighted by molar-refractivity contribution is 7.18. The average molecular weight is 289 g/mol. The first-order valence-electron chi connectivity index (χ1n) is 6.83. The molecule has 0 unspecified atom stereocenters.